The predicted molar refractivity (Wildman–Crippen MR) is 74.6 cm³/mol. The second-order valence-corrected chi connectivity index (χ2v) is 5.35. The lowest BCUT2D eigenvalue weighted by molar-refractivity contribution is 0.838. The molecule has 5 heteroatoms. The number of benzene rings is 1. The van der Waals surface area contributed by atoms with Gasteiger partial charge in [0.1, 0.15) is 5.82 Å². The van der Waals surface area contributed by atoms with Gasteiger partial charge in [-0.1, -0.05) is 29.8 Å². The standard InChI is InChI=1S/C12H15N3S2/c1-9-3-5-10(6-4-9)7-17-8-11-13-14-12(16)15(11)2/h3-6H,7-8H2,1-2H3,(H,14,16). The molecule has 0 fully saturated rings. The Bertz CT molecular complexity index is 540. The highest BCUT2D eigenvalue weighted by atomic mass is 32.2. The number of nitrogens with one attached hydrogen (secondary N) is 1. The van der Waals surface area contributed by atoms with Gasteiger partial charge in [-0.15, -0.1) is 11.8 Å². The highest BCUT2D eigenvalue weighted by Gasteiger charge is 2.02. The molecule has 2 rings (SSSR count). The lowest BCUT2D eigenvalue weighted by Gasteiger charge is -2.02. The molecule has 3 nitrogen and oxygen atoms in total. The summed E-state index contributed by atoms with van der Waals surface area (Å²) >= 11 is 6.91. The van der Waals surface area contributed by atoms with Gasteiger partial charge in [-0.05, 0) is 24.7 Å². The zero-order valence-corrected chi connectivity index (χ0v) is 11.6. The van der Waals surface area contributed by atoms with E-state index in [0.717, 1.165) is 17.3 Å². The molecule has 1 aromatic heterocycles. The van der Waals surface area contributed by atoms with E-state index in [4.69, 9.17) is 12.2 Å². The number of rotatable bonds is 4. The van der Waals surface area contributed by atoms with Crippen LogP contribution in [0.2, 0.25) is 0 Å². The minimum Gasteiger partial charge on any atom is -0.307 e. The van der Waals surface area contributed by atoms with Crippen molar-refractivity contribution in [2.45, 2.75) is 18.4 Å². The van der Waals surface area contributed by atoms with Gasteiger partial charge in [-0.3, -0.25) is 5.10 Å². The molecule has 0 unspecified atom stereocenters. The third-order valence-electron chi connectivity index (χ3n) is 2.59. The SMILES string of the molecule is Cc1ccc(CSCc2n[nH]c(=S)n2C)cc1. The summed E-state index contributed by atoms with van der Waals surface area (Å²) in [6.07, 6.45) is 0. The van der Waals surface area contributed by atoms with E-state index < -0.39 is 0 Å². The highest BCUT2D eigenvalue weighted by molar-refractivity contribution is 7.97. The van der Waals surface area contributed by atoms with Crippen molar-refractivity contribution in [1.82, 2.24) is 14.8 Å². The van der Waals surface area contributed by atoms with Gasteiger partial charge in [0.05, 0.1) is 5.75 Å². The van der Waals surface area contributed by atoms with Crippen molar-refractivity contribution >= 4 is 24.0 Å². The summed E-state index contributed by atoms with van der Waals surface area (Å²) in [5.41, 5.74) is 2.64. The number of aryl methyl sites for hydroxylation is 1. The van der Waals surface area contributed by atoms with Crippen LogP contribution in [0, 0.1) is 11.7 Å². The molecule has 0 saturated heterocycles. The smallest absolute Gasteiger partial charge is 0.194 e. The first-order chi connectivity index (χ1) is 8.16. The van der Waals surface area contributed by atoms with Gasteiger partial charge >= 0.3 is 0 Å². The average molecular weight is 265 g/mol. The highest BCUT2D eigenvalue weighted by Crippen LogP contribution is 2.16. The van der Waals surface area contributed by atoms with Crippen molar-refractivity contribution in [2.75, 3.05) is 0 Å². The van der Waals surface area contributed by atoms with Crippen molar-refractivity contribution < 1.29 is 0 Å². The molecular weight excluding hydrogens is 250 g/mol. The molecule has 2 aromatic rings. The Morgan fingerprint density at radius 2 is 2.00 bits per heavy atom. The average Bonchev–Trinajstić information content (AvgIpc) is 2.64. The molecule has 17 heavy (non-hydrogen) atoms. The van der Waals surface area contributed by atoms with E-state index >= 15 is 0 Å². The van der Waals surface area contributed by atoms with E-state index in [2.05, 4.69) is 41.4 Å². The van der Waals surface area contributed by atoms with E-state index in [-0.39, 0.29) is 0 Å². The molecule has 0 bridgehead atoms. The number of aromatic nitrogens is 3. The van der Waals surface area contributed by atoms with E-state index in [1.54, 1.807) is 0 Å². The summed E-state index contributed by atoms with van der Waals surface area (Å²) in [4.78, 5) is 0. The third-order valence-corrected chi connectivity index (χ3v) is 3.96. The molecule has 0 aliphatic carbocycles. The second kappa shape index (κ2) is 5.51. The molecule has 0 atom stereocenters. The molecule has 0 amide bonds. The molecule has 0 radical (unpaired) electrons. The first-order valence-corrected chi connectivity index (χ1v) is 6.96. The summed E-state index contributed by atoms with van der Waals surface area (Å²) in [7, 11) is 1.94. The zero-order valence-electron chi connectivity index (χ0n) is 9.93. The number of nitrogens with zero attached hydrogens (tertiary/aromatic N) is 2. The van der Waals surface area contributed by atoms with Gasteiger partial charge in [0.2, 0.25) is 0 Å². The van der Waals surface area contributed by atoms with Crippen LogP contribution >= 0.6 is 24.0 Å². The molecule has 0 spiro atoms. The third kappa shape index (κ3) is 3.20. The van der Waals surface area contributed by atoms with Gasteiger partial charge in [-0.25, -0.2) is 0 Å². The topological polar surface area (TPSA) is 33.6 Å². The fraction of sp³-hybridized carbons (Fsp3) is 0.333. The largest absolute Gasteiger partial charge is 0.307 e. The van der Waals surface area contributed by atoms with Crippen molar-refractivity contribution in [3.05, 3.63) is 46.0 Å². The maximum absolute atomic E-state index is 5.07. The fourth-order valence-corrected chi connectivity index (χ4v) is 2.58. The molecule has 0 aliphatic heterocycles. The maximum atomic E-state index is 5.07. The molecule has 0 aliphatic rings. The van der Waals surface area contributed by atoms with Gasteiger partial charge in [-0.2, -0.15) is 5.10 Å². The van der Waals surface area contributed by atoms with Crippen LogP contribution in [-0.2, 0) is 18.6 Å². The number of H-pyrrole nitrogens is 1. The minimum atomic E-state index is 0.677. The van der Waals surface area contributed by atoms with Crippen LogP contribution in [0.3, 0.4) is 0 Å². The summed E-state index contributed by atoms with van der Waals surface area (Å²) in [5.74, 6) is 2.87. The number of hydrogen-bond donors (Lipinski definition) is 1. The van der Waals surface area contributed by atoms with Crippen LogP contribution in [0.1, 0.15) is 17.0 Å². The van der Waals surface area contributed by atoms with Gasteiger partial charge in [0, 0.05) is 12.8 Å². The van der Waals surface area contributed by atoms with Crippen molar-refractivity contribution in [2.24, 2.45) is 7.05 Å². The summed E-state index contributed by atoms with van der Waals surface area (Å²) in [6, 6.07) is 8.63. The minimum absolute atomic E-state index is 0.677. The maximum Gasteiger partial charge on any atom is 0.194 e. The summed E-state index contributed by atoms with van der Waals surface area (Å²) in [6.45, 7) is 2.10. The van der Waals surface area contributed by atoms with Crippen molar-refractivity contribution in [3.63, 3.8) is 0 Å². The molecule has 1 heterocycles. The lowest BCUT2D eigenvalue weighted by atomic mass is 10.2. The van der Waals surface area contributed by atoms with Crippen LogP contribution in [0.4, 0.5) is 0 Å². The monoisotopic (exact) mass is 265 g/mol. The van der Waals surface area contributed by atoms with Crippen LogP contribution < -0.4 is 0 Å². The first kappa shape index (κ1) is 12.4. The number of aromatic amines is 1. The zero-order chi connectivity index (χ0) is 12.3. The van der Waals surface area contributed by atoms with E-state index in [1.165, 1.54) is 11.1 Å². The van der Waals surface area contributed by atoms with Gasteiger partial charge in [0.15, 0.2) is 4.77 Å². The van der Waals surface area contributed by atoms with Crippen LogP contribution in [0.25, 0.3) is 0 Å². The Labute approximate surface area is 110 Å². The van der Waals surface area contributed by atoms with Crippen molar-refractivity contribution in [1.29, 1.82) is 0 Å². The number of hydrogen-bond acceptors (Lipinski definition) is 3. The number of thioether (sulfide) groups is 1. The quantitative estimate of drug-likeness (QED) is 0.862. The van der Waals surface area contributed by atoms with Gasteiger partial charge < -0.3 is 4.57 Å². The van der Waals surface area contributed by atoms with E-state index in [1.807, 2.05) is 23.4 Å². The lowest BCUT2D eigenvalue weighted by Crippen LogP contribution is -1.96. The fourth-order valence-electron chi connectivity index (χ4n) is 1.45. The van der Waals surface area contributed by atoms with Crippen LogP contribution in [0.5, 0.6) is 0 Å². The Hall–Kier alpha value is -1.07. The predicted octanol–water partition coefficient (Wildman–Crippen LogP) is 3.22. The first-order valence-electron chi connectivity index (χ1n) is 5.40. The Morgan fingerprint density at radius 3 is 2.59 bits per heavy atom. The molecular formula is C12H15N3S2. The van der Waals surface area contributed by atoms with Crippen LogP contribution in [-0.4, -0.2) is 14.8 Å². The summed E-state index contributed by atoms with van der Waals surface area (Å²) < 4.78 is 2.59. The molecule has 90 valence electrons. The Kier molecular flexibility index (Phi) is 4.02. The Morgan fingerprint density at radius 1 is 1.29 bits per heavy atom. The van der Waals surface area contributed by atoms with E-state index in [0.29, 0.717) is 4.77 Å². The second-order valence-electron chi connectivity index (χ2n) is 3.98. The van der Waals surface area contributed by atoms with Crippen LogP contribution in [0.15, 0.2) is 24.3 Å². The molecule has 1 N–H and O–H groups in total. The normalized spacial score (nSPS) is 10.7. The van der Waals surface area contributed by atoms with Gasteiger partial charge in [0.25, 0.3) is 0 Å². The summed E-state index contributed by atoms with van der Waals surface area (Å²) in [5, 5.41) is 6.98. The molecule has 0 saturated carbocycles. The Balaban J connectivity index is 1.90. The molecule has 1 aromatic carbocycles. The van der Waals surface area contributed by atoms with E-state index in [9.17, 15) is 0 Å². The van der Waals surface area contributed by atoms with Crippen molar-refractivity contribution in [3.8, 4) is 0 Å².